The first kappa shape index (κ1) is 10.7. The first-order chi connectivity index (χ1) is 8.93. The minimum absolute atomic E-state index is 0.860. The Bertz CT molecular complexity index is 560. The van der Waals surface area contributed by atoms with Gasteiger partial charge >= 0.3 is 0 Å². The molecule has 18 heavy (non-hydrogen) atoms. The van der Waals surface area contributed by atoms with Crippen molar-refractivity contribution in [3.63, 3.8) is 0 Å². The fourth-order valence-corrected chi connectivity index (χ4v) is 1.87. The Morgan fingerprint density at radius 1 is 0.667 bits per heavy atom. The van der Waals surface area contributed by atoms with Crippen LogP contribution in [0.1, 0.15) is 11.1 Å². The molecule has 0 amide bonds. The van der Waals surface area contributed by atoms with Crippen LogP contribution in [0.5, 0.6) is 11.5 Å². The molecular formula is C16H13NO. The number of hydrogen-bond acceptors (Lipinski definition) is 2. The van der Waals surface area contributed by atoms with E-state index in [0.717, 1.165) is 22.6 Å². The molecule has 3 rings (SSSR count). The summed E-state index contributed by atoms with van der Waals surface area (Å²) in [5.74, 6) is 1.72. The van der Waals surface area contributed by atoms with Crippen LogP contribution in [0, 0.1) is 0 Å². The van der Waals surface area contributed by atoms with E-state index < -0.39 is 0 Å². The van der Waals surface area contributed by atoms with Crippen molar-refractivity contribution in [2.45, 2.75) is 0 Å². The van der Waals surface area contributed by atoms with Crippen molar-refractivity contribution in [3.05, 3.63) is 72.1 Å². The Morgan fingerprint density at radius 3 is 1.72 bits per heavy atom. The van der Waals surface area contributed by atoms with Crippen LogP contribution in [0.3, 0.4) is 0 Å². The number of para-hydroxylation sites is 2. The molecule has 0 aromatic heterocycles. The fourth-order valence-electron chi connectivity index (χ4n) is 1.87. The number of ether oxygens (including phenoxy) is 1. The summed E-state index contributed by atoms with van der Waals surface area (Å²) in [5.41, 5.74) is 2.10. The Balaban J connectivity index is 2.11. The average molecular weight is 235 g/mol. The molecule has 0 atom stereocenters. The van der Waals surface area contributed by atoms with Gasteiger partial charge in [0.2, 0.25) is 0 Å². The van der Waals surface area contributed by atoms with Gasteiger partial charge in [0, 0.05) is 23.5 Å². The molecule has 2 nitrogen and oxygen atoms in total. The lowest BCUT2D eigenvalue weighted by atomic mass is 10.1. The van der Waals surface area contributed by atoms with Gasteiger partial charge in [0.15, 0.2) is 0 Å². The van der Waals surface area contributed by atoms with Crippen LogP contribution in [0.15, 0.2) is 60.9 Å². The minimum atomic E-state index is 0.860. The molecule has 2 heteroatoms. The highest BCUT2D eigenvalue weighted by Crippen LogP contribution is 2.29. The smallest absolute Gasteiger partial charge is 0.134 e. The number of nitrogens with one attached hydrogen (secondary N) is 1. The molecule has 0 aliphatic carbocycles. The van der Waals surface area contributed by atoms with E-state index in [2.05, 4.69) is 5.32 Å². The second kappa shape index (κ2) is 4.80. The molecule has 1 N–H and O–H groups in total. The summed E-state index contributed by atoms with van der Waals surface area (Å²) in [6, 6.07) is 16.0. The lowest BCUT2D eigenvalue weighted by molar-refractivity contribution is 0.480. The third-order valence-electron chi connectivity index (χ3n) is 2.78. The van der Waals surface area contributed by atoms with Gasteiger partial charge in [0.1, 0.15) is 11.5 Å². The molecule has 0 saturated carbocycles. The zero-order valence-electron chi connectivity index (χ0n) is 9.84. The van der Waals surface area contributed by atoms with E-state index in [9.17, 15) is 0 Å². The van der Waals surface area contributed by atoms with Crippen LogP contribution >= 0.6 is 0 Å². The summed E-state index contributed by atoms with van der Waals surface area (Å²) in [5, 5.41) is 3.12. The van der Waals surface area contributed by atoms with Crippen molar-refractivity contribution >= 4 is 12.2 Å². The average Bonchev–Trinajstić information content (AvgIpc) is 2.42. The maximum absolute atomic E-state index is 5.99. The van der Waals surface area contributed by atoms with E-state index in [0.29, 0.717) is 0 Å². The maximum Gasteiger partial charge on any atom is 0.134 e. The predicted molar refractivity (Wildman–Crippen MR) is 74.2 cm³/mol. The molecule has 2 aromatic carbocycles. The molecule has 1 aliphatic heterocycles. The van der Waals surface area contributed by atoms with Gasteiger partial charge in [-0.15, -0.1) is 0 Å². The predicted octanol–water partition coefficient (Wildman–Crippen LogP) is 4.02. The number of fused-ring (bicyclic) bond motifs is 2. The lowest BCUT2D eigenvalue weighted by Crippen LogP contribution is -1.95. The normalized spacial score (nSPS) is 16.4. The minimum Gasteiger partial charge on any atom is -0.456 e. The van der Waals surface area contributed by atoms with Crippen molar-refractivity contribution < 1.29 is 4.74 Å². The Morgan fingerprint density at radius 2 is 1.17 bits per heavy atom. The van der Waals surface area contributed by atoms with Gasteiger partial charge < -0.3 is 10.1 Å². The first-order valence-corrected chi connectivity index (χ1v) is 5.88. The standard InChI is InChI=1S/C16H13NO/c1-3-7-15-13(5-1)9-11-17-12-10-14-6-2-4-8-16(14)18-15/h1-12,17H/b11-9-,12-10-. The van der Waals surface area contributed by atoms with E-state index in [1.807, 2.05) is 73.1 Å². The van der Waals surface area contributed by atoms with Crippen molar-refractivity contribution in [1.29, 1.82) is 0 Å². The van der Waals surface area contributed by atoms with Crippen LogP contribution in [-0.2, 0) is 0 Å². The van der Waals surface area contributed by atoms with Gasteiger partial charge in [-0.3, -0.25) is 0 Å². The Kier molecular flexibility index (Phi) is 2.84. The SMILES string of the molecule is C1=C\c2ccccc2Oc2ccccc2/C=C\N/1. The molecule has 1 heterocycles. The van der Waals surface area contributed by atoms with Crippen molar-refractivity contribution in [2.75, 3.05) is 0 Å². The molecule has 88 valence electrons. The van der Waals surface area contributed by atoms with Gasteiger partial charge in [0.05, 0.1) is 0 Å². The highest BCUT2D eigenvalue weighted by atomic mass is 16.5. The fraction of sp³-hybridized carbons (Fsp3) is 0. The molecule has 0 fully saturated rings. The lowest BCUT2D eigenvalue weighted by Gasteiger charge is -2.12. The molecule has 1 aliphatic rings. The molecule has 0 bridgehead atoms. The van der Waals surface area contributed by atoms with Gasteiger partial charge in [0.25, 0.3) is 0 Å². The molecule has 0 radical (unpaired) electrons. The van der Waals surface area contributed by atoms with Crippen LogP contribution in [0.2, 0.25) is 0 Å². The molecule has 0 unspecified atom stereocenters. The summed E-state index contributed by atoms with van der Waals surface area (Å²) in [6.45, 7) is 0. The highest BCUT2D eigenvalue weighted by molar-refractivity contribution is 5.62. The van der Waals surface area contributed by atoms with Crippen LogP contribution in [0.4, 0.5) is 0 Å². The Hall–Kier alpha value is -2.48. The summed E-state index contributed by atoms with van der Waals surface area (Å²) in [4.78, 5) is 0. The summed E-state index contributed by atoms with van der Waals surface area (Å²) >= 11 is 0. The summed E-state index contributed by atoms with van der Waals surface area (Å²) in [6.07, 6.45) is 7.78. The van der Waals surface area contributed by atoms with E-state index in [-0.39, 0.29) is 0 Å². The van der Waals surface area contributed by atoms with E-state index >= 15 is 0 Å². The molecule has 2 aromatic rings. The van der Waals surface area contributed by atoms with Crippen molar-refractivity contribution in [1.82, 2.24) is 5.32 Å². The molecule has 0 spiro atoms. The monoisotopic (exact) mass is 235 g/mol. The Labute approximate surface area is 106 Å². The zero-order valence-corrected chi connectivity index (χ0v) is 9.84. The topological polar surface area (TPSA) is 21.3 Å². The van der Waals surface area contributed by atoms with Crippen LogP contribution < -0.4 is 10.1 Å². The third kappa shape index (κ3) is 2.13. The molecular weight excluding hydrogens is 222 g/mol. The summed E-state index contributed by atoms with van der Waals surface area (Å²) in [7, 11) is 0. The van der Waals surface area contributed by atoms with Crippen molar-refractivity contribution in [3.8, 4) is 11.5 Å². The first-order valence-electron chi connectivity index (χ1n) is 5.88. The number of hydrogen-bond donors (Lipinski definition) is 1. The maximum atomic E-state index is 5.99. The third-order valence-corrected chi connectivity index (χ3v) is 2.78. The van der Waals surface area contributed by atoms with Gasteiger partial charge in [-0.1, -0.05) is 36.4 Å². The number of rotatable bonds is 0. The molecule has 0 saturated heterocycles. The second-order valence-corrected chi connectivity index (χ2v) is 4.01. The van der Waals surface area contributed by atoms with Crippen molar-refractivity contribution in [2.24, 2.45) is 0 Å². The summed E-state index contributed by atoms with van der Waals surface area (Å²) < 4.78 is 5.99. The highest BCUT2D eigenvalue weighted by Gasteiger charge is 2.05. The van der Waals surface area contributed by atoms with E-state index in [4.69, 9.17) is 4.74 Å². The van der Waals surface area contributed by atoms with E-state index in [1.165, 1.54) is 0 Å². The quantitative estimate of drug-likeness (QED) is 0.744. The van der Waals surface area contributed by atoms with Gasteiger partial charge in [-0.25, -0.2) is 0 Å². The van der Waals surface area contributed by atoms with Crippen LogP contribution in [-0.4, -0.2) is 0 Å². The van der Waals surface area contributed by atoms with E-state index in [1.54, 1.807) is 0 Å². The zero-order chi connectivity index (χ0) is 12.2. The largest absolute Gasteiger partial charge is 0.456 e. The van der Waals surface area contributed by atoms with Crippen LogP contribution in [0.25, 0.3) is 12.2 Å². The van der Waals surface area contributed by atoms with Gasteiger partial charge in [-0.05, 0) is 24.3 Å². The second-order valence-electron chi connectivity index (χ2n) is 4.01. The number of benzene rings is 2. The van der Waals surface area contributed by atoms with Gasteiger partial charge in [-0.2, -0.15) is 0 Å².